The van der Waals surface area contributed by atoms with Crippen molar-refractivity contribution < 1.29 is 9.90 Å². The molecule has 0 fully saturated rings. The Morgan fingerprint density at radius 1 is 1.08 bits per heavy atom. The largest absolute Gasteiger partial charge is 0.481 e. The maximum Gasteiger partial charge on any atom is 0.309 e. The van der Waals surface area contributed by atoms with Gasteiger partial charge in [0.15, 0.2) is 11.5 Å². The quantitative estimate of drug-likeness (QED) is 0.598. The van der Waals surface area contributed by atoms with Crippen LogP contribution in [0.3, 0.4) is 0 Å². The average molecular weight is 349 g/mol. The van der Waals surface area contributed by atoms with Gasteiger partial charge in [0.2, 0.25) is 0 Å². The van der Waals surface area contributed by atoms with E-state index in [1.54, 1.807) is 28.8 Å². The average Bonchev–Trinajstić information content (AvgIpc) is 3.03. The van der Waals surface area contributed by atoms with Gasteiger partial charge in [-0.25, -0.2) is 14.2 Å². The fraction of sp³-hybridized carbons (Fsp3) is 0.167. The number of carbonyl (C=O) groups is 1. The Kier molecular flexibility index (Phi) is 3.72. The van der Waals surface area contributed by atoms with Crippen molar-refractivity contribution in [1.82, 2.24) is 24.4 Å². The Balaban J connectivity index is 1.85. The zero-order chi connectivity index (χ0) is 18.3. The van der Waals surface area contributed by atoms with Crippen LogP contribution >= 0.6 is 0 Å². The van der Waals surface area contributed by atoms with Gasteiger partial charge in [-0.15, -0.1) is 5.10 Å². The SMILES string of the molecule is Cc1cccc2nc(Cn3nc(CC(=O)O)c4ccccc4c3=O)nn12. The maximum absolute atomic E-state index is 12.7. The molecule has 4 rings (SSSR count). The second-order valence-electron chi connectivity index (χ2n) is 5.99. The van der Waals surface area contributed by atoms with E-state index in [0.29, 0.717) is 27.9 Å². The van der Waals surface area contributed by atoms with E-state index in [9.17, 15) is 9.59 Å². The molecule has 8 nitrogen and oxygen atoms in total. The summed E-state index contributed by atoms with van der Waals surface area (Å²) in [5, 5.41) is 18.8. The summed E-state index contributed by atoms with van der Waals surface area (Å²) in [6.07, 6.45) is -0.265. The number of hydrogen-bond donors (Lipinski definition) is 1. The van der Waals surface area contributed by atoms with Crippen molar-refractivity contribution in [3.05, 3.63) is 70.0 Å². The first-order chi connectivity index (χ1) is 12.5. The Morgan fingerprint density at radius 2 is 1.85 bits per heavy atom. The standard InChI is InChI=1S/C18H15N5O3/c1-11-5-4-8-16-19-15(21-23(11)16)10-22-18(26)13-7-3-2-6-12(13)14(20-22)9-17(24)25/h2-8H,9-10H2,1H3,(H,24,25). The highest BCUT2D eigenvalue weighted by Gasteiger charge is 2.15. The summed E-state index contributed by atoms with van der Waals surface area (Å²) in [6, 6.07) is 12.5. The number of aryl methyl sites for hydroxylation is 1. The summed E-state index contributed by atoms with van der Waals surface area (Å²) in [5.41, 5.74) is 1.64. The molecule has 0 saturated heterocycles. The van der Waals surface area contributed by atoms with Gasteiger partial charge in [0.25, 0.3) is 5.56 Å². The molecule has 0 radical (unpaired) electrons. The van der Waals surface area contributed by atoms with Crippen LogP contribution in [0, 0.1) is 6.92 Å². The molecule has 0 aliphatic carbocycles. The molecule has 0 aliphatic heterocycles. The zero-order valence-corrected chi connectivity index (χ0v) is 14.0. The van der Waals surface area contributed by atoms with Crippen LogP contribution in [0.2, 0.25) is 0 Å². The Labute approximate surface area is 147 Å². The van der Waals surface area contributed by atoms with E-state index < -0.39 is 5.97 Å². The number of aliphatic carboxylic acids is 1. The van der Waals surface area contributed by atoms with E-state index in [0.717, 1.165) is 5.69 Å². The van der Waals surface area contributed by atoms with Crippen molar-refractivity contribution in [2.75, 3.05) is 0 Å². The topological polar surface area (TPSA) is 102 Å². The molecule has 0 atom stereocenters. The molecule has 0 aliphatic rings. The van der Waals surface area contributed by atoms with E-state index >= 15 is 0 Å². The second kappa shape index (κ2) is 6.07. The number of rotatable bonds is 4. The van der Waals surface area contributed by atoms with Gasteiger partial charge in [0.1, 0.15) is 6.54 Å². The number of nitrogens with zero attached hydrogens (tertiary/aromatic N) is 5. The lowest BCUT2D eigenvalue weighted by Gasteiger charge is -2.08. The summed E-state index contributed by atoms with van der Waals surface area (Å²) in [4.78, 5) is 28.3. The summed E-state index contributed by atoms with van der Waals surface area (Å²) < 4.78 is 2.92. The van der Waals surface area contributed by atoms with E-state index in [4.69, 9.17) is 5.11 Å². The summed E-state index contributed by atoms with van der Waals surface area (Å²) in [5.74, 6) is -0.570. The number of pyridine rings is 1. The van der Waals surface area contributed by atoms with Gasteiger partial charge in [-0.2, -0.15) is 5.10 Å². The van der Waals surface area contributed by atoms with Crippen molar-refractivity contribution in [1.29, 1.82) is 0 Å². The van der Waals surface area contributed by atoms with Crippen molar-refractivity contribution in [2.45, 2.75) is 19.9 Å². The number of benzene rings is 1. The third-order valence-corrected chi connectivity index (χ3v) is 4.15. The van der Waals surface area contributed by atoms with Crippen LogP contribution in [0.25, 0.3) is 16.4 Å². The minimum atomic E-state index is -1.01. The number of hydrogen-bond acceptors (Lipinski definition) is 5. The van der Waals surface area contributed by atoms with Gasteiger partial charge in [-0.1, -0.05) is 24.3 Å². The molecule has 0 bridgehead atoms. The molecule has 130 valence electrons. The second-order valence-corrected chi connectivity index (χ2v) is 5.99. The molecule has 0 unspecified atom stereocenters. The van der Waals surface area contributed by atoms with E-state index in [1.807, 2.05) is 25.1 Å². The van der Waals surface area contributed by atoms with Crippen molar-refractivity contribution in [2.24, 2.45) is 0 Å². The fourth-order valence-corrected chi connectivity index (χ4v) is 2.97. The highest BCUT2D eigenvalue weighted by atomic mass is 16.4. The number of fused-ring (bicyclic) bond motifs is 2. The first kappa shape index (κ1) is 15.9. The Morgan fingerprint density at radius 3 is 2.58 bits per heavy atom. The highest BCUT2D eigenvalue weighted by Crippen LogP contribution is 2.14. The molecular formula is C18H15N5O3. The van der Waals surface area contributed by atoms with Crippen LogP contribution in [0.1, 0.15) is 17.2 Å². The van der Waals surface area contributed by atoms with Crippen LogP contribution in [-0.2, 0) is 17.8 Å². The monoisotopic (exact) mass is 349 g/mol. The van der Waals surface area contributed by atoms with E-state index in [-0.39, 0.29) is 18.5 Å². The summed E-state index contributed by atoms with van der Waals surface area (Å²) >= 11 is 0. The lowest BCUT2D eigenvalue weighted by molar-refractivity contribution is -0.136. The van der Waals surface area contributed by atoms with Crippen LogP contribution in [0.15, 0.2) is 47.3 Å². The maximum atomic E-state index is 12.7. The highest BCUT2D eigenvalue weighted by molar-refractivity contribution is 5.86. The zero-order valence-electron chi connectivity index (χ0n) is 14.0. The normalized spacial score (nSPS) is 11.3. The first-order valence-electron chi connectivity index (χ1n) is 8.05. The minimum Gasteiger partial charge on any atom is -0.481 e. The van der Waals surface area contributed by atoms with Crippen LogP contribution in [0.5, 0.6) is 0 Å². The lowest BCUT2D eigenvalue weighted by Crippen LogP contribution is -2.26. The van der Waals surface area contributed by atoms with Gasteiger partial charge in [-0.3, -0.25) is 9.59 Å². The van der Waals surface area contributed by atoms with Crippen LogP contribution in [0.4, 0.5) is 0 Å². The Hall–Kier alpha value is -3.55. The molecule has 1 N–H and O–H groups in total. The molecule has 0 amide bonds. The molecule has 8 heteroatoms. The summed E-state index contributed by atoms with van der Waals surface area (Å²) in [7, 11) is 0. The molecule has 3 heterocycles. The molecule has 3 aromatic heterocycles. The predicted octanol–water partition coefficient (Wildman–Crippen LogP) is 1.42. The molecular weight excluding hydrogens is 334 g/mol. The van der Waals surface area contributed by atoms with E-state index in [2.05, 4.69) is 15.2 Å². The molecule has 26 heavy (non-hydrogen) atoms. The molecule has 4 aromatic rings. The van der Waals surface area contributed by atoms with Crippen molar-refractivity contribution >= 4 is 22.4 Å². The Bertz CT molecular complexity index is 1210. The van der Waals surface area contributed by atoms with Crippen LogP contribution < -0.4 is 5.56 Å². The van der Waals surface area contributed by atoms with Crippen LogP contribution in [-0.4, -0.2) is 35.5 Å². The van der Waals surface area contributed by atoms with Gasteiger partial charge in [0.05, 0.1) is 17.5 Å². The van der Waals surface area contributed by atoms with Gasteiger partial charge >= 0.3 is 5.97 Å². The smallest absolute Gasteiger partial charge is 0.309 e. The van der Waals surface area contributed by atoms with Gasteiger partial charge in [0, 0.05) is 11.1 Å². The predicted molar refractivity (Wildman–Crippen MR) is 94.2 cm³/mol. The van der Waals surface area contributed by atoms with Crippen molar-refractivity contribution in [3.63, 3.8) is 0 Å². The lowest BCUT2D eigenvalue weighted by atomic mass is 10.1. The minimum absolute atomic E-state index is 0.0669. The first-order valence-corrected chi connectivity index (χ1v) is 8.05. The third-order valence-electron chi connectivity index (χ3n) is 4.15. The molecule has 0 spiro atoms. The number of aromatic nitrogens is 5. The number of carboxylic acids is 1. The number of carboxylic acid groups (broad SMARTS) is 1. The molecule has 0 saturated carbocycles. The molecule has 1 aromatic carbocycles. The van der Waals surface area contributed by atoms with Gasteiger partial charge < -0.3 is 5.11 Å². The fourth-order valence-electron chi connectivity index (χ4n) is 2.97. The van der Waals surface area contributed by atoms with Crippen molar-refractivity contribution in [3.8, 4) is 0 Å². The third kappa shape index (κ3) is 2.71. The summed E-state index contributed by atoms with van der Waals surface area (Å²) in [6.45, 7) is 1.98. The van der Waals surface area contributed by atoms with Gasteiger partial charge in [-0.05, 0) is 25.1 Å². The van der Waals surface area contributed by atoms with E-state index in [1.165, 1.54) is 4.68 Å².